The van der Waals surface area contributed by atoms with Crippen molar-refractivity contribution >= 4 is 17.2 Å². The number of hydrogen-bond acceptors (Lipinski definition) is 4. The molecule has 0 bridgehead atoms. The van der Waals surface area contributed by atoms with E-state index in [-0.39, 0.29) is 5.91 Å². The monoisotopic (exact) mass is 393 g/mol. The van der Waals surface area contributed by atoms with E-state index in [4.69, 9.17) is 9.47 Å². The Labute approximate surface area is 169 Å². The first-order valence-electron chi connectivity index (χ1n) is 9.39. The molecule has 1 aromatic heterocycles. The summed E-state index contributed by atoms with van der Waals surface area (Å²) in [5, 5.41) is 2.04. The van der Waals surface area contributed by atoms with E-state index in [1.54, 1.807) is 18.4 Å². The van der Waals surface area contributed by atoms with Crippen LogP contribution in [0.1, 0.15) is 21.6 Å². The van der Waals surface area contributed by atoms with Crippen molar-refractivity contribution in [1.29, 1.82) is 0 Å². The fraction of sp³-hybridized carbons (Fsp3) is 0.261. The molecule has 1 aliphatic heterocycles. The van der Waals surface area contributed by atoms with E-state index in [0.29, 0.717) is 19.5 Å². The first-order chi connectivity index (χ1) is 13.7. The summed E-state index contributed by atoms with van der Waals surface area (Å²) in [6, 6.07) is 18.0. The van der Waals surface area contributed by atoms with Gasteiger partial charge >= 0.3 is 0 Å². The van der Waals surface area contributed by atoms with Gasteiger partial charge in [0.05, 0.1) is 26.7 Å². The Balaban J connectivity index is 1.54. The van der Waals surface area contributed by atoms with Crippen molar-refractivity contribution in [3.63, 3.8) is 0 Å². The maximum absolute atomic E-state index is 13.2. The maximum atomic E-state index is 13.2. The number of nitrogens with zero attached hydrogens (tertiary/aromatic N) is 1. The van der Waals surface area contributed by atoms with Crippen LogP contribution in [0, 0.1) is 0 Å². The van der Waals surface area contributed by atoms with Crippen LogP contribution in [0.3, 0.4) is 0 Å². The van der Waals surface area contributed by atoms with Gasteiger partial charge in [0.1, 0.15) is 11.5 Å². The second-order valence-electron chi connectivity index (χ2n) is 6.86. The second-order valence-corrected chi connectivity index (χ2v) is 7.89. The van der Waals surface area contributed by atoms with Gasteiger partial charge in [-0.25, -0.2) is 0 Å². The molecule has 1 amide bonds. The normalized spacial score (nSPS) is 12.3. The van der Waals surface area contributed by atoms with Crippen LogP contribution in [0.4, 0.5) is 0 Å². The largest absolute Gasteiger partial charge is 0.496 e. The first kappa shape index (κ1) is 18.6. The molecule has 3 aromatic rings. The number of para-hydroxylation sites is 1. The van der Waals surface area contributed by atoms with Crippen molar-refractivity contribution in [3.05, 3.63) is 81.5 Å². The van der Waals surface area contributed by atoms with Gasteiger partial charge in [0.15, 0.2) is 0 Å². The predicted molar refractivity (Wildman–Crippen MR) is 111 cm³/mol. The molecule has 2 heterocycles. The molecule has 0 fully saturated rings. The van der Waals surface area contributed by atoms with E-state index in [0.717, 1.165) is 35.7 Å². The van der Waals surface area contributed by atoms with Crippen LogP contribution in [-0.2, 0) is 30.7 Å². The minimum Gasteiger partial charge on any atom is -0.496 e. The van der Waals surface area contributed by atoms with E-state index in [1.807, 2.05) is 52.7 Å². The predicted octanol–water partition coefficient (Wildman–Crippen LogP) is 4.46. The molecule has 0 radical (unpaired) electrons. The molecule has 0 aliphatic carbocycles. The van der Waals surface area contributed by atoms with Gasteiger partial charge in [-0.1, -0.05) is 36.4 Å². The summed E-state index contributed by atoms with van der Waals surface area (Å²) >= 11 is 1.67. The summed E-state index contributed by atoms with van der Waals surface area (Å²) in [7, 11) is 1.66. The zero-order valence-corrected chi connectivity index (χ0v) is 16.7. The molecule has 2 aromatic carbocycles. The Morgan fingerprint density at radius 2 is 2.04 bits per heavy atom. The molecule has 5 heteroatoms. The molecule has 0 N–H and O–H groups in total. The van der Waals surface area contributed by atoms with Crippen molar-refractivity contribution < 1.29 is 14.3 Å². The van der Waals surface area contributed by atoms with Crippen molar-refractivity contribution in [2.45, 2.75) is 25.9 Å². The second kappa shape index (κ2) is 8.48. The summed E-state index contributed by atoms with van der Waals surface area (Å²) in [6.07, 6.45) is 1.30. The molecule has 0 spiro atoms. The highest BCUT2D eigenvalue weighted by atomic mass is 32.1. The molecule has 4 rings (SSSR count). The van der Waals surface area contributed by atoms with Crippen LogP contribution >= 0.6 is 11.3 Å². The van der Waals surface area contributed by atoms with E-state index in [2.05, 4.69) is 12.1 Å². The molecule has 0 atom stereocenters. The van der Waals surface area contributed by atoms with Crippen molar-refractivity contribution in [1.82, 2.24) is 4.90 Å². The highest BCUT2D eigenvalue weighted by molar-refractivity contribution is 7.09. The Bertz CT molecular complexity index is 952. The van der Waals surface area contributed by atoms with Crippen LogP contribution in [0.15, 0.2) is 60.0 Å². The van der Waals surface area contributed by atoms with Gasteiger partial charge in [-0.3, -0.25) is 4.79 Å². The third kappa shape index (κ3) is 4.20. The van der Waals surface area contributed by atoms with E-state index >= 15 is 0 Å². The highest BCUT2D eigenvalue weighted by Crippen LogP contribution is 2.27. The number of hydrogen-bond donors (Lipinski definition) is 0. The Morgan fingerprint density at radius 3 is 2.86 bits per heavy atom. The SMILES string of the molecule is COc1ccccc1CN(Cc1cccs1)C(=O)Cc1ccc2c(c1)CCO2. The van der Waals surface area contributed by atoms with Gasteiger partial charge in [0.25, 0.3) is 0 Å². The molecule has 4 nitrogen and oxygen atoms in total. The summed E-state index contributed by atoms with van der Waals surface area (Å²) in [5.74, 6) is 1.86. The Hall–Kier alpha value is -2.79. The minimum absolute atomic E-state index is 0.109. The van der Waals surface area contributed by atoms with Crippen LogP contribution in [0.5, 0.6) is 11.5 Å². The lowest BCUT2D eigenvalue weighted by molar-refractivity contribution is -0.131. The van der Waals surface area contributed by atoms with Gasteiger partial charge in [-0.2, -0.15) is 0 Å². The lowest BCUT2D eigenvalue weighted by Gasteiger charge is -2.23. The fourth-order valence-corrected chi connectivity index (χ4v) is 4.22. The van der Waals surface area contributed by atoms with Gasteiger partial charge in [-0.15, -0.1) is 11.3 Å². The Morgan fingerprint density at radius 1 is 1.14 bits per heavy atom. The number of carbonyl (C=O) groups excluding carboxylic acids is 1. The summed E-state index contributed by atoms with van der Waals surface area (Å²) in [5.41, 5.74) is 3.24. The standard InChI is InChI=1S/C23H23NO3S/c1-26-21-7-3-2-5-19(21)15-24(16-20-6-4-12-28-20)23(25)14-17-8-9-22-18(13-17)10-11-27-22/h2-9,12-13H,10-11,14-16H2,1H3. The van der Waals surface area contributed by atoms with Crippen LogP contribution in [0.2, 0.25) is 0 Å². The number of fused-ring (bicyclic) bond motifs is 1. The molecule has 0 unspecified atom stereocenters. The molecular formula is C23H23NO3S. The van der Waals surface area contributed by atoms with Gasteiger partial charge in [0, 0.05) is 23.4 Å². The maximum Gasteiger partial charge on any atom is 0.227 e. The summed E-state index contributed by atoms with van der Waals surface area (Å²) in [6.45, 7) is 1.85. The van der Waals surface area contributed by atoms with Crippen molar-refractivity contribution in [2.75, 3.05) is 13.7 Å². The third-order valence-electron chi connectivity index (χ3n) is 4.94. The smallest absolute Gasteiger partial charge is 0.227 e. The first-order valence-corrected chi connectivity index (χ1v) is 10.3. The third-order valence-corrected chi connectivity index (χ3v) is 5.80. The lowest BCUT2D eigenvalue weighted by Crippen LogP contribution is -2.31. The molecular weight excluding hydrogens is 370 g/mol. The van der Waals surface area contributed by atoms with E-state index < -0.39 is 0 Å². The van der Waals surface area contributed by atoms with Crippen molar-refractivity contribution in [3.8, 4) is 11.5 Å². The molecule has 28 heavy (non-hydrogen) atoms. The number of carbonyl (C=O) groups is 1. The zero-order valence-electron chi connectivity index (χ0n) is 15.9. The van der Waals surface area contributed by atoms with Crippen LogP contribution < -0.4 is 9.47 Å². The average molecular weight is 394 g/mol. The fourth-order valence-electron chi connectivity index (χ4n) is 3.50. The summed E-state index contributed by atoms with van der Waals surface area (Å²) < 4.78 is 11.1. The van der Waals surface area contributed by atoms with E-state index in [1.165, 1.54) is 10.4 Å². The molecule has 1 aliphatic rings. The van der Waals surface area contributed by atoms with E-state index in [9.17, 15) is 4.79 Å². The van der Waals surface area contributed by atoms with Crippen molar-refractivity contribution in [2.24, 2.45) is 0 Å². The Kier molecular flexibility index (Phi) is 5.63. The van der Waals surface area contributed by atoms with Crippen LogP contribution in [-0.4, -0.2) is 24.5 Å². The minimum atomic E-state index is 0.109. The van der Waals surface area contributed by atoms with Gasteiger partial charge in [0.2, 0.25) is 5.91 Å². The lowest BCUT2D eigenvalue weighted by atomic mass is 10.1. The van der Waals surface area contributed by atoms with Gasteiger partial charge < -0.3 is 14.4 Å². The topological polar surface area (TPSA) is 38.8 Å². The van der Waals surface area contributed by atoms with Gasteiger partial charge in [-0.05, 0) is 34.7 Å². The number of rotatable bonds is 7. The molecule has 0 saturated heterocycles. The number of methoxy groups -OCH3 is 1. The number of amides is 1. The molecule has 0 saturated carbocycles. The number of thiophene rings is 1. The quantitative estimate of drug-likeness (QED) is 0.595. The average Bonchev–Trinajstić information content (AvgIpc) is 3.39. The number of ether oxygens (including phenoxy) is 2. The highest BCUT2D eigenvalue weighted by Gasteiger charge is 2.19. The molecule has 144 valence electrons. The summed E-state index contributed by atoms with van der Waals surface area (Å²) in [4.78, 5) is 16.3. The number of benzene rings is 2. The zero-order chi connectivity index (χ0) is 19.3. The van der Waals surface area contributed by atoms with Crippen LogP contribution in [0.25, 0.3) is 0 Å².